The number of hydrogen-bond acceptors (Lipinski definition) is 7. The van der Waals surface area contributed by atoms with E-state index in [1.165, 1.54) is 12.1 Å². The van der Waals surface area contributed by atoms with Crippen LogP contribution in [0, 0.1) is 10.1 Å². The van der Waals surface area contributed by atoms with Crippen molar-refractivity contribution in [3.8, 4) is 0 Å². The first kappa shape index (κ1) is 14.4. The second-order valence-corrected chi connectivity index (χ2v) is 5.75. The SMILES string of the molecule is O=C(OS(=O)(=O)c1ccccc1[N+](=O)[O-])[C@@H]1CCCN1. The first-order valence-corrected chi connectivity index (χ1v) is 7.28. The Balaban J connectivity index is 2.26. The van der Waals surface area contributed by atoms with E-state index in [0.29, 0.717) is 13.0 Å². The zero-order valence-corrected chi connectivity index (χ0v) is 11.1. The monoisotopic (exact) mass is 300 g/mol. The summed E-state index contributed by atoms with van der Waals surface area (Å²) in [7, 11) is -4.50. The minimum atomic E-state index is -4.50. The van der Waals surface area contributed by atoms with Crippen LogP contribution in [0.2, 0.25) is 0 Å². The molecule has 1 heterocycles. The highest BCUT2D eigenvalue weighted by molar-refractivity contribution is 7.87. The van der Waals surface area contributed by atoms with E-state index in [1.807, 2.05) is 0 Å². The summed E-state index contributed by atoms with van der Waals surface area (Å²) in [5.41, 5.74) is -0.625. The van der Waals surface area contributed by atoms with Gasteiger partial charge in [0.2, 0.25) is 0 Å². The maximum Gasteiger partial charge on any atom is 0.348 e. The van der Waals surface area contributed by atoms with Crippen LogP contribution in [-0.4, -0.2) is 31.9 Å². The molecule has 1 N–H and O–H groups in total. The summed E-state index contributed by atoms with van der Waals surface area (Å²) >= 11 is 0. The summed E-state index contributed by atoms with van der Waals surface area (Å²) in [6, 6.07) is 4.03. The Labute approximate surface area is 115 Å². The highest BCUT2D eigenvalue weighted by Crippen LogP contribution is 2.25. The lowest BCUT2D eigenvalue weighted by Gasteiger charge is -2.10. The lowest BCUT2D eigenvalue weighted by Crippen LogP contribution is -2.33. The quantitative estimate of drug-likeness (QED) is 0.491. The molecule has 0 aliphatic carbocycles. The first-order chi connectivity index (χ1) is 9.42. The molecule has 1 fully saturated rings. The van der Waals surface area contributed by atoms with Crippen LogP contribution in [0.3, 0.4) is 0 Å². The van der Waals surface area contributed by atoms with Gasteiger partial charge in [0.25, 0.3) is 5.69 Å². The summed E-state index contributed by atoms with van der Waals surface area (Å²) < 4.78 is 28.4. The van der Waals surface area contributed by atoms with Crippen LogP contribution >= 0.6 is 0 Å². The van der Waals surface area contributed by atoms with Gasteiger partial charge in [-0.05, 0) is 25.5 Å². The van der Waals surface area contributed by atoms with E-state index in [2.05, 4.69) is 9.50 Å². The predicted octanol–water partition coefficient (Wildman–Crippen LogP) is 0.579. The highest BCUT2D eigenvalue weighted by atomic mass is 32.2. The van der Waals surface area contributed by atoms with Gasteiger partial charge in [0, 0.05) is 6.07 Å². The van der Waals surface area contributed by atoms with E-state index in [4.69, 9.17) is 0 Å². The third kappa shape index (κ3) is 2.94. The van der Waals surface area contributed by atoms with Crippen LogP contribution < -0.4 is 5.32 Å². The summed E-state index contributed by atoms with van der Waals surface area (Å²) in [5.74, 6) is -0.944. The molecule has 0 unspecified atom stereocenters. The van der Waals surface area contributed by atoms with Crippen molar-refractivity contribution in [2.45, 2.75) is 23.8 Å². The Bertz CT molecular complexity index is 636. The molecule has 0 aromatic heterocycles. The van der Waals surface area contributed by atoms with Crippen molar-refractivity contribution in [3.05, 3.63) is 34.4 Å². The molecule has 1 atom stereocenters. The standard InChI is InChI=1S/C11H12N2O6S/c14-11(8-4-3-7-12-8)19-20(17,18)10-6-2-1-5-9(10)13(15)16/h1-2,5-6,8,12H,3-4,7H2/t8-/m0/s1. The molecular weight excluding hydrogens is 288 g/mol. The number of nitro benzene ring substituents is 1. The van der Waals surface area contributed by atoms with E-state index < -0.39 is 37.6 Å². The van der Waals surface area contributed by atoms with E-state index >= 15 is 0 Å². The summed E-state index contributed by atoms with van der Waals surface area (Å²) in [6.45, 7) is 0.602. The number of hydrogen-bond donors (Lipinski definition) is 1. The Morgan fingerprint density at radius 1 is 1.40 bits per heavy atom. The summed E-state index contributed by atoms with van der Waals surface area (Å²) in [4.78, 5) is 21.0. The van der Waals surface area contributed by atoms with Crippen LogP contribution in [0.5, 0.6) is 0 Å². The fourth-order valence-electron chi connectivity index (χ4n) is 1.92. The molecule has 9 heteroatoms. The third-order valence-corrected chi connectivity index (χ3v) is 4.14. The van der Waals surface area contributed by atoms with Crippen LogP contribution in [0.1, 0.15) is 12.8 Å². The molecule has 0 amide bonds. The number of rotatable bonds is 4. The third-order valence-electron chi connectivity index (χ3n) is 2.87. The normalized spacial score (nSPS) is 18.7. The largest absolute Gasteiger partial charge is 0.348 e. The van der Waals surface area contributed by atoms with Gasteiger partial charge in [0.1, 0.15) is 6.04 Å². The minimum absolute atomic E-state index is 0.477. The number of nitro groups is 1. The minimum Gasteiger partial charge on any atom is -0.340 e. The second kappa shape index (κ2) is 5.55. The molecule has 0 radical (unpaired) electrons. The lowest BCUT2D eigenvalue weighted by atomic mass is 10.2. The predicted molar refractivity (Wildman–Crippen MR) is 67.4 cm³/mol. The van der Waals surface area contributed by atoms with Crippen molar-refractivity contribution in [1.82, 2.24) is 5.32 Å². The summed E-state index contributed by atoms with van der Waals surface area (Å²) in [5, 5.41) is 13.6. The Kier molecular flexibility index (Phi) is 4.00. The Morgan fingerprint density at radius 3 is 2.70 bits per heavy atom. The Morgan fingerprint density at radius 2 is 2.10 bits per heavy atom. The van der Waals surface area contributed by atoms with E-state index in [-0.39, 0.29) is 0 Å². The average molecular weight is 300 g/mol. The van der Waals surface area contributed by atoms with Gasteiger partial charge in [-0.25, -0.2) is 4.79 Å². The molecule has 1 aliphatic heterocycles. The van der Waals surface area contributed by atoms with Crippen LogP contribution in [0.15, 0.2) is 29.2 Å². The van der Waals surface area contributed by atoms with E-state index in [0.717, 1.165) is 18.6 Å². The van der Waals surface area contributed by atoms with Gasteiger partial charge in [-0.1, -0.05) is 12.1 Å². The summed E-state index contributed by atoms with van der Waals surface area (Å²) in [6.07, 6.45) is 1.22. The van der Waals surface area contributed by atoms with Crippen molar-refractivity contribution in [2.75, 3.05) is 6.54 Å². The average Bonchev–Trinajstić information content (AvgIpc) is 2.92. The number of para-hydroxylation sites is 1. The molecule has 1 saturated heterocycles. The number of nitrogens with zero attached hydrogens (tertiary/aromatic N) is 1. The molecular formula is C11H12N2O6S. The second-order valence-electron chi connectivity index (χ2n) is 4.23. The van der Waals surface area contributed by atoms with E-state index in [1.54, 1.807) is 0 Å². The van der Waals surface area contributed by atoms with E-state index in [9.17, 15) is 23.3 Å². The van der Waals surface area contributed by atoms with Gasteiger partial charge in [-0.3, -0.25) is 10.1 Å². The highest BCUT2D eigenvalue weighted by Gasteiger charge is 2.32. The molecule has 2 rings (SSSR count). The number of carbonyl (C=O) groups excluding carboxylic acids is 1. The van der Waals surface area contributed by atoms with Crippen molar-refractivity contribution < 1.29 is 22.3 Å². The van der Waals surface area contributed by atoms with Crippen molar-refractivity contribution in [2.24, 2.45) is 0 Å². The molecule has 0 bridgehead atoms. The molecule has 108 valence electrons. The van der Waals surface area contributed by atoms with Crippen LogP contribution in [0.25, 0.3) is 0 Å². The van der Waals surface area contributed by atoms with Gasteiger partial charge in [0.15, 0.2) is 4.90 Å². The zero-order valence-electron chi connectivity index (χ0n) is 10.3. The molecule has 20 heavy (non-hydrogen) atoms. The Hall–Kier alpha value is -2.00. The molecule has 8 nitrogen and oxygen atoms in total. The molecule has 0 saturated carbocycles. The fourth-order valence-corrected chi connectivity index (χ4v) is 2.98. The fraction of sp³-hybridized carbons (Fsp3) is 0.364. The van der Waals surface area contributed by atoms with Gasteiger partial charge in [0.05, 0.1) is 4.92 Å². The van der Waals surface area contributed by atoms with Crippen molar-refractivity contribution in [1.29, 1.82) is 0 Å². The smallest absolute Gasteiger partial charge is 0.340 e. The van der Waals surface area contributed by atoms with Gasteiger partial charge in [-0.15, -0.1) is 0 Å². The lowest BCUT2D eigenvalue weighted by molar-refractivity contribution is -0.387. The van der Waals surface area contributed by atoms with Gasteiger partial charge in [-0.2, -0.15) is 8.42 Å². The molecule has 1 aromatic rings. The molecule has 0 spiro atoms. The zero-order chi connectivity index (χ0) is 14.8. The van der Waals surface area contributed by atoms with Gasteiger partial charge >= 0.3 is 16.1 Å². The number of nitrogens with one attached hydrogen (secondary N) is 1. The van der Waals surface area contributed by atoms with Crippen LogP contribution in [-0.2, 0) is 19.1 Å². The van der Waals surface area contributed by atoms with Crippen molar-refractivity contribution in [3.63, 3.8) is 0 Å². The maximum atomic E-state index is 11.9. The molecule has 1 aromatic carbocycles. The number of carbonyl (C=O) groups is 1. The maximum absolute atomic E-state index is 11.9. The van der Waals surface area contributed by atoms with Gasteiger partial charge < -0.3 is 9.50 Å². The number of benzene rings is 1. The van der Waals surface area contributed by atoms with Crippen LogP contribution in [0.4, 0.5) is 5.69 Å². The van der Waals surface area contributed by atoms with Crippen molar-refractivity contribution >= 4 is 21.8 Å². The topological polar surface area (TPSA) is 116 Å². The molecule has 1 aliphatic rings. The first-order valence-electron chi connectivity index (χ1n) is 5.87.